The molecule has 0 saturated heterocycles. The van der Waals surface area contributed by atoms with Gasteiger partial charge in [-0.25, -0.2) is 0 Å². The number of fused-ring (bicyclic) bond motifs is 1. The van der Waals surface area contributed by atoms with Crippen molar-refractivity contribution in [1.29, 1.82) is 0 Å². The molecule has 1 aromatic heterocycles. The third kappa shape index (κ3) is 2.20. The molecule has 2 rings (SSSR count). The van der Waals surface area contributed by atoms with Crippen LogP contribution in [0.1, 0.15) is 6.92 Å². The smallest absolute Gasteiger partial charge is 0.139 e. The average molecular weight is 266 g/mol. The van der Waals surface area contributed by atoms with E-state index in [0.29, 0.717) is 17.3 Å². The maximum atomic E-state index is 8.40. The Labute approximate surface area is 109 Å². The second-order valence-corrected chi connectivity index (χ2v) is 4.28. The van der Waals surface area contributed by atoms with Crippen LogP contribution in [0, 0.1) is 0 Å². The number of azide groups is 1. The summed E-state index contributed by atoms with van der Waals surface area (Å²) in [5, 5.41) is 9.31. The van der Waals surface area contributed by atoms with Gasteiger partial charge in [-0.05, 0) is 17.7 Å². The number of ether oxygens (including phenoxy) is 1. The molecule has 0 aliphatic rings. The van der Waals surface area contributed by atoms with Crippen LogP contribution in [0.4, 0.5) is 0 Å². The topological polar surface area (TPSA) is 75.8 Å². The van der Waals surface area contributed by atoms with Crippen molar-refractivity contribution in [2.75, 3.05) is 7.11 Å². The first kappa shape index (κ1) is 12.5. The number of benzene rings is 1. The Morgan fingerprint density at radius 3 is 3.06 bits per heavy atom. The van der Waals surface area contributed by atoms with Crippen molar-refractivity contribution in [3.05, 3.63) is 33.8 Å². The van der Waals surface area contributed by atoms with Gasteiger partial charge in [0.1, 0.15) is 10.8 Å². The number of aromatic nitrogens is 2. The highest BCUT2D eigenvalue weighted by atomic mass is 35.5. The molecule has 1 atom stereocenters. The number of nitrogens with zero attached hydrogens (tertiary/aromatic N) is 5. The molecule has 0 saturated carbocycles. The molecule has 2 aromatic rings. The van der Waals surface area contributed by atoms with Crippen molar-refractivity contribution in [2.45, 2.75) is 19.5 Å². The van der Waals surface area contributed by atoms with E-state index >= 15 is 0 Å². The summed E-state index contributed by atoms with van der Waals surface area (Å²) < 4.78 is 6.90. The Bertz CT molecular complexity index is 617. The maximum absolute atomic E-state index is 8.40. The third-order valence-electron chi connectivity index (χ3n) is 2.61. The van der Waals surface area contributed by atoms with Crippen LogP contribution in [0.25, 0.3) is 21.3 Å². The van der Waals surface area contributed by atoms with Crippen molar-refractivity contribution < 1.29 is 4.74 Å². The standard InChI is InChI=1S/C11H12ClN5O/c1-7(15-16-13)6-17-11-8(5-14-17)3-4-9(18-2)10(11)12/h3-5,7H,6H2,1-2H3/t7-/m0/s1. The Hall–Kier alpha value is -1.91. The number of methoxy groups -OCH3 is 1. The van der Waals surface area contributed by atoms with E-state index in [1.54, 1.807) is 24.1 Å². The van der Waals surface area contributed by atoms with Gasteiger partial charge in [0.05, 0.1) is 24.9 Å². The maximum Gasteiger partial charge on any atom is 0.139 e. The fourth-order valence-electron chi connectivity index (χ4n) is 1.79. The van der Waals surface area contributed by atoms with Gasteiger partial charge in [-0.2, -0.15) is 5.10 Å². The van der Waals surface area contributed by atoms with E-state index in [0.717, 1.165) is 10.9 Å². The molecule has 0 radical (unpaired) electrons. The molecule has 6 nitrogen and oxygen atoms in total. The highest BCUT2D eigenvalue weighted by Crippen LogP contribution is 2.32. The lowest BCUT2D eigenvalue weighted by Gasteiger charge is -2.09. The summed E-state index contributed by atoms with van der Waals surface area (Å²) in [5.41, 5.74) is 9.19. The minimum Gasteiger partial charge on any atom is -0.495 e. The van der Waals surface area contributed by atoms with Gasteiger partial charge in [0.15, 0.2) is 0 Å². The van der Waals surface area contributed by atoms with Crippen LogP contribution < -0.4 is 4.74 Å². The van der Waals surface area contributed by atoms with Crippen molar-refractivity contribution >= 4 is 22.5 Å². The molecule has 1 aromatic carbocycles. The zero-order valence-corrected chi connectivity index (χ0v) is 10.8. The third-order valence-corrected chi connectivity index (χ3v) is 2.98. The predicted octanol–water partition coefficient (Wildman–Crippen LogP) is 3.40. The first-order valence-corrected chi connectivity index (χ1v) is 5.77. The molecular formula is C11H12ClN5O. The minimum atomic E-state index is -0.194. The summed E-state index contributed by atoms with van der Waals surface area (Å²) in [5.74, 6) is 0.599. The van der Waals surface area contributed by atoms with E-state index < -0.39 is 0 Å². The van der Waals surface area contributed by atoms with Gasteiger partial charge >= 0.3 is 0 Å². The van der Waals surface area contributed by atoms with Crippen LogP contribution in [0.3, 0.4) is 0 Å². The summed E-state index contributed by atoms with van der Waals surface area (Å²) in [6, 6.07) is 3.50. The molecule has 0 unspecified atom stereocenters. The molecule has 0 aliphatic carbocycles. The van der Waals surface area contributed by atoms with Crippen molar-refractivity contribution in [2.24, 2.45) is 5.11 Å². The van der Waals surface area contributed by atoms with Crippen molar-refractivity contribution in [3.63, 3.8) is 0 Å². The van der Waals surface area contributed by atoms with E-state index in [-0.39, 0.29) is 6.04 Å². The van der Waals surface area contributed by atoms with Crippen molar-refractivity contribution in [1.82, 2.24) is 9.78 Å². The molecular weight excluding hydrogens is 254 g/mol. The van der Waals surface area contributed by atoms with Crippen LogP contribution in [0.15, 0.2) is 23.4 Å². The molecule has 18 heavy (non-hydrogen) atoms. The van der Waals surface area contributed by atoms with Gasteiger partial charge in [0, 0.05) is 16.8 Å². The van der Waals surface area contributed by atoms with E-state index in [2.05, 4.69) is 15.1 Å². The number of halogens is 1. The molecule has 1 heterocycles. The summed E-state index contributed by atoms with van der Waals surface area (Å²) >= 11 is 6.26. The van der Waals surface area contributed by atoms with Gasteiger partial charge < -0.3 is 4.74 Å². The van der Waals surface area contributed by atoms with Crippen LogP contribution >= 0.6 is 11.6 Å². The second-order valence-electron chi connectivity index (χ2n) is 3.90. The van der Waals surface area contributed by atoms with E-state index in [1.165, 1.54) is 0 Å². The Morgan fingerprint density at radius 2 is 2.39 bits per heavy atom. The van der Waals surface area contributed by atoms with Crippen LogP contribution in [-0.4, -0.2) is 22.9 Å². The fraction of sp³-hybridized carbons (Fsp3) is 0.364. The quantitative estimate of drug-likeness (QED) is 0.483. The van der Waals surface area contributed by atoms with E-state index in [4.69, 9.17) is 21.9 Å². The highest BCUT2D eigenvalue weighted by Gasteiger charge is 2.12. The molecule has 0 bridgehead atoms. The normalized spacial score (nSPS) is 12.2. The van der Waals surface area contributed by atoms with Gasteiger partial charge in [-0.15, -0.1) is 0 Å². The van der Waals surface area contributed by atoms with Crippen LogP contribution in [0.2, 0.25) is 5.02 Å². The second kappa shape index (κ2) is 5.16. The first-order chi connectivity index (χ1) is 8.67. The summed E-state index contributed by atoms with van der Waals surface area (Å²) in [6.45, 7) is 2.29. The summed E-state index contributed by atoms with van der Waals surface area (Å²) in [4.78, 5) is 2.78. The van der Waals surface area contributed by atoms with Gasteiger partial charge in [0.25, 0.3) is 0 Å². The van der Waals surface area contributed by atoms with E-state index in [9.17, 15) is 0 Å². The zero-order chi connectivity index (χ0) is 13.1. The zero-order valence-electron chi connectivity index (χ0n) is 10.0. The Kier molecular flexibility index (Phi) is 3.60. The number of hydrogen-bond acceptors (Lipinski definition) is 3. The monoisotopic (exact) mass is 265 g/mol. The number of rotatable bonds is 4. The van der Waals surface area contributed by atoms with Gasteiger partial charge in [-0.1, -0.05) is 23.6 Å². The predicted molar refractivity (Wildman–Crippen MR) is 69.9 cm³/mol. The SMILES string of the molecule is COc1ccc2cnn(C[C@H](C)N=[N+]=[N-])c2c1Cl. The molecule has 94 valence electrons. The lowest BCUT2D eigenvalue weighted by Crippen LogP contribution is -2.11. The van der Waals surface area contributed by atoms with Crippen molar-refractivity contribution in [3.8, 4) is 5.75 Å². The molecule has 0 N–H and O–H groups in total. The van der Waals surface area contributed by atoms with Gasteiger partial charge in [-0.3, -0.25) is 4.68 Å². The molecule has 7 heteroatoms. The van der Waals surface area contributed by atoms with Crippen LogP contribution in [0.5, 0.6) is 5.75 Å². The largest absolute Gasteiger partial charge is 0.495 e. The van der Waals surface area contributed by atoms with Gasteiger partial charge in [0.2, 0.25) is 0 Å². The first-order valence-electron chi connectivity index (χ1n) is 5.39. The lowest BCUT2D eigenvalue weighted by atomic mass is 10.2. The summed E-state index contributed by atoms with van der Waals surface area (Å²) in [7, 11) is 1.57. The lowest BCUT2D eigenvalue weighted by molar-refractivity contribution is 0.415. The minimum absolute atomic E-state index is 0.194. The molecule has 0 aliphatic heterocycles. The molecule has 0 spiro atoms. The fourth-order valence-corrected chi connectivity index (χ4v) is 2.13. The van der Waals surface area contributed by atoms with E-state index in [1.807, 2.05) is 13.0 Å². The summed E-state index contributed by atoms with van der Waals surface area (Å²) in [6.07, 6.45) is 1.73. The van der Waals surface area contributed by atoms with Crippen LogP contribution in [-0.2, 0) is 6.54 Å². The molecule has 0 amide bonds. The highest BCUT2D eigenvalue weighted by molar-refractivity contribution is 6.36. The molecule has 0 fully saturated rings. The number of hydrogen-bond donors (Lipinski definition) is 0. The Balaban J connectivity index is 2.48. The Morgan fingerprint density at radius 1 is 1.61 bits per heavy atom. The average Bonchev–Trinajstić information content (AvgIpc) is 2.74.